The van der Waals surface area contributed by atoms with Crippen molar-refractivity contribution < 1.29 is 19.1 Å². The van der Waals surface area contributed by atoms with Crippen LogP contribution < -0.4 is 0 Å². The molecule has 3 aromatic heterocycles. The first-order valence-corrected chi connectivity index (χ1v) is 11.9. The van der Waals surface area contributed by atoms with Crippen molar-refractivity contribution in [2.24, 2.45) is 0 Å². The number of aromatic amines is 3. The Balaban J connectivity index is 1.54. The van der Waals surface area contributed by atoms with E-state index in [4.69, 9.17) is 9.47 Å². The van der Waals surface area contributed by atoms with Crippen LogP contribution in [0.2, 0.25) is 0 Å². The molecule has 0 aliphatic rings. The summed E-state index contributed by atoms with van der Waals surface area (Å²) in [6, 6.07) is 27.2. The Kier molecular flexibility index (Phi) is 6.76. The van der Waals surface area contributed by atoms with Crippen LogP contribution >= 0.6 is 0 Å². The minimum atomic E-state index is -0.364. The maximum absolute atomic E-state index is 11.9. The number of hydrogen-bond acceptors (Lipinski definition) is 4. The average Bonchev–Trinajstić information content (AvgIpc) is 3.74. The van der Waals surface area contributed by atoms with Crippen LogP contribution in [0.25, 0.3) is 0 Å². The van der Waals surface area contributed by atoms with Gasteiger partial charge in [0, 0.05) is 35.2 Å². The summed E-state index contributed by atoms with van der Waals surface area (Å²) in [5, 5.41) is 0. The number of aromatic nitrogens is 3. The van der Waals surface area contributed by atoms with Gasteiger partial charge in [-0.15, -0.1) is 0 Å². The van der Waals surface area contributed by atoms with Gasteiger partial charge < -0.3 is 24.4 Å². The lowest BCUT2D eigenvalue weighted by atomic mass is 9.92. The Bertz CT molecular complexity index is 1350. The Morgan fingerprint density at radius 3 is 1.30 bits per heavy atom. The van der Waals surface area contributed by atoms with E-state index in [1.807, 2.05) is 60.9 Å². The molecular weight excluding hydrogens is 466 g/mol. The number of esters is 2. The van der Waals surface area contributed by atoms with Crippen molar-refractivity contribution in [2.45, 2.75) is 11.8 Å². The number of methoxy groups -OCH3 is 2. The minimum Gasteiger partial charge on any atom is -0.465 e. The van der Waals surface area contributed by atoms with E-state index in [9.17, 15) is 9.59 Å². The molecule has 7 heteroatoms. The van der Waals surface area contributed by atoms with E-state index in [1.54, 1.807) is 24.3 Å². The third-order valence-electron chi connectivity index (χ3n) is 6.55. The van der Waals surface area contributed by atoms with Gasteiger partial charge in [0.25, 0.3) is 0 Å². The summed E-state index contributed by atoms with van der Waals surface area (Å²) in [6.45, 7) is 0. The first-order chi connectivity index (χ1) is 18.1. The predicted octanol–water partition coefficient (Wildman–Crippen LogP) is 5.60. The van der Waals surface area contributed by atoms with E-state index in [2.05, 4.69) is 27.1 Å². The average molecular weight is 494 g/mol. The summed E-state index contributed by atoms with van der Waals surface area (Å²) in [6.07, 6.45) is 3.80. The summed E-state index contributed by atoms with van der Waals surface area (Å²) < 4.78 is 9.69. The van der Waals surface area contributed by atoms with Crippen LogP contribution in [0.15, 0.2) is 97.3 Å². The number of H-pyrrole nitrogens is 3. The van der Waals surface area contributed by atoms with Crippen molar-refractivity contribution in [3.8, 4) is 0 Å². The van der Waals surface area contributed by atoms with E-state index in [0.29, 0.717) is 11.1 Å². The number of carbonyl (C=O) groups excluding carboxylic acids is 2. The first kappa shape index (κ1) is 23.9. The zero-order chi connectivity index (χ0) is 25.8. The second kappa shape index (κ2) is 10.5. The molecule has 0 bridgehead atoms. The Morgan fingerprint density at radius 1 is 0.568 bits per heavy atom. The second-order valence-corrected chi connectivity index (χ2v) is 8.71. The molecule has 0 saturated heterocycles. The van der Waals surface area contributed by atoms with E-state index in [0.717, 1.165) is 33.9 Å². The highest BCUT2D eigenvalue weighted by Crippen LogP contribution is 2.35. The van der Waals surface area contributed by atoms with Crippen molar-refractivity contribution in [1.29, 1.82) is 0 Å². The zero-order valence-corrected chi connectivity index (χ0v) is 20.5. The fraction of sp³-hybridized carbons (Fsp3) is 0.133. The highest BCUT2D eigenvalue weighted by atomic mass is 16.5. The third kappa shape index (κ3) is 4.84. The molecule has 0 spiro atoms. The molecular formula is C30H27N3O4. The molecule has 5 aromatic rings. The molecule has 3 N–H and O–H groups in total. The van der Waals surface area contributed by atoms with Crippen molar-refractivity contribution in [3.63, 3.8) is 0 Å². The summed E-state index contributed by atoms with van der Waals surface area (Å²) in [7, 11) is 2.75. The van der Waals surface area contributed by atoms with Gasteiger partial charge in [0.1, 0.15) is 0 Å². The zero-order valence-electron chi connectivity index (χ0n) is 20.5. The predicted molar refractivity (Wildman–Crippen MR) is 140 cm³/mol. The van der Waals surface area contributed by atoms with Gasteiger partial charge in [0.05, 0.1) is 37.2 Å². The van der Waals surface area contributed by atoms with Crippen LogP contribution in [0.4, 0.5) is 0 Å². The third-order valence-corrected chi connectivity index (χ3v) is 6.55. The van der Waals surface area contributed by atoms with Crippen LogP contribution in [0, 0.1) is 0 Å². The van der Waals surface area contributed by atoms with Crippen molar-refractivity contribution in [2.75, 3.05) is 14.2 Å². The number of nitrogens with one attached hydrogen (secondary N) is 3. The standard InChI is InChI=1S/C30H27N3O4/c1-36-29(34)21-11-7-19(8-12-21)27(23-5-3-17-31-23)25-15-16-26(33-25)28(24-6-4-18-32-24)20-9-13-22(14-10-20)30(35)37-2/h3-18,27-28,31-33H,1-2H3. The number of carbonyl (C=O) groups is 2. The lowest BCUT2D eigenvalue weighted by Crippen LogP contribution is -2.08. The first-order valence-electron chi connectivity index (χ1n) is 11.9. The monoisotopic (exact) mass is 493 g/mol. The summed E-state index contributed by atoms with van der Waals surface area (Å²) in [4.78, 5) is 34.2. The molecule has 0 aliphatic heterocycles. The van der Waals surface area contributed by atoms with Gasteiger partial charge in [-0.1, -0.05) is 24.3 Å². The molecule has 186 valence electrons. The maximum atomic E-state index is 11.9. The summed E-state index contributed by atoms with van der Waals surface area (Å²) in [5.41, 5.74) is 7.13. The molecule has 0 aliphatic carbocycles. The Morgan fingerprint density at radius 2 is 0.973 bits per heavy atom. The fourth-order valence-electron chi connectivity index (χ4n) is 4.73. The van der Waals surface area contributed by atoms with Gasteiger partial charge in [-0.25, -0.2) is 9.59 Å². The van der Waals surface area contributed by atoms with Gasteiger partial charge in [0.15, 0.2) is 0 Å². The number of hydrogen-bond donors (Lipinski definition) is 3. The van der Waals surface area contributed by atoms with Gasteiger partial charge >= 0.3 is 11.9 Å². The highest BCUT2D eigenvalue weighted by Gasteiger charge is 2.24. The highest BCUT2D eigenvalue weighted by molar-refractivity contribution is 5.89. The fourth-order valence-corrected chi connectivity index (χ4v) is 4.73. The smallest absolute Gasteiger partial charge is 0.337 e. The molecule has 37 heavy (non-hydrogen) atoms. The molecule has 7 nitrogen and oxygen atoms in total. The van der Waals surface area contributed by atoms with E-state index >= 15 is 0 Å². The van der Waals surface area contributed by atoms with Crippen LogP contribution in [-0.4, -0.2) is 41.1 Å². The van der Waals surface area contributed by atoms with Crippen LogP contribution in [-0.2, 0) is 9.47 Å². The van der Waals surface area contributed by atoms with Crippen molar-refractivity contribution >= 4 is 11.9 Å². The van der Waals surface area contributed by atoms with Gasteiger partial charge in [-0.3, -0.25) is 0 Å². The molecule has 2 aromatic carbocycles. The number of ether oxygens (including phenoxy) is 2. The normalized spacial score (nSPS) is 12.6. The SMILES string of the molecule is COC(=O)c1ccc(C(c2ccc[nH]2)c2ccc(C(c3ccc(C(=O)OC)cc3)c3ccc[nH]3)[nH]2)cc1. The minimum absolute atomic E-state index is 0.0959. The molecule has 2 atom stereocenters. The molecule has 0 radical (unpaired) electrons. The second-order valence-electron chi connectivity index (χ2n) is 8.71. The van der Waals surface area contributed by atoms with Gasteiger partial charge in [-0.05, 0) is 71.8 Å². The lowest BCUT2D eigenvalue weighted by molar-refractivity contribution is 0.0592. The molecule has 5 rings (SSSR count). The number of benzene rings is 2. The molecule has 0 fully saturated rings. The maximum Gasteiger partial charge on any atom is 0.337 e. The van der Waals surface area contributed by atoms with E-state index in [1.165, 1.54) is 14.2 Å². The quantitative estimate of drug-likeness (QED) is 0.245. The van der Waals surface area contributed by atoms with E-state index < -0.39 is 0 Å². The lowest BCUT2D eigenvalue weighted by Gasteiger charge is -2.18. The topological polar surface area (TPSA) is 100.0 Å². The Labute approximate surface area is 214 Å². The number of rotatable bonds is 8. The van der Waals surface area contributed by atoms with Crippen molar-refractivity contribution in [1.82, 2.24) is 15.0 Å². The van der Waals surface area contributed by atoms with Crippen LogP contribution in [0.5, 0.6) is 0 Å². The summed E-state index contributed by atoms with van der Waals surface area (Å²) in [5.74, 6) is -0.919. The van der Waals surface area contributed by atoms with Gasteiger partial charge in [-0.2, -0.15) is 0 Å². The molecule has 0 saturated carbocycles. The summed E-state index contributed by atoms with van der Waals surface area (Å²) >= 11 is 0. The van der Waals surface area contributed by atoms with Gasteiger partial charge in [0.2, 0.25) is 0 Å². The van der Waals surface area contributed by atoms with Crippen molar-refractivity contribution in [3.05, 3.63) is 142 Å². The molecule has 3 heterocycles. The molecule has 0 amide bonds. The molecule has 2 unspecified atom stereocenters. The largest absolute Gasteiger partial charge is 0.465 e. The van der Waals surface area contributed by atoms with Crippen LogP contribution in [0.1, 0.15) is 66.5 Å². The Hall–Kier alpha value is -4.78. The van der Waals surface area contributed by atoms with Crippen LogP contribution in [0.3, 0.4) is 0 Å². The van der Waals surface area contributed by atoms with E-state index in [-0.39, 0.29) is 23.8 Å².